The highest BCUT2D eigenvalue weighted by atomic mass is 16.5. The van der Waals surface area contributed by atoms with Crippen LogP contribution in [-0.2, 0) is 16.0 Å². The fourth-order valence-corrected chi connectivity index (χ4v) is 3.18. The second-order valence-corrected chi connectivity index (χ2v) is 8.66. The summed E-state index contributed by atoms with van der Waals surface area (Å²) in [5, 5.41) is 6.73. The first-order valence-corrected chi connectivity index (χ1v) is 10.8. The van der Waals surface area contributed by atoms with Gasteiger partial charge in [-0.25, -0.2) is 0 Å². The Morgan fingerprint density at radius 3 is 2.66 bits per heavy atom. The van der Waals surface area contributed by atoms with Crippen molar-refractivity contribution in [2.24, 2.45) is 10.9 Å². The average molecular weight is 406 g/mol. The van der Waals surface area contributed by atoms with E-state index >= 15 is 0 Å². The lowest BCUT2D eigenvalue weighted by Crippen LogP contribution is -2.37. The minimum absolute atomic E-state index is 0.229. The van der Waals surface area contributed by atoms with Gasteiger partial charge in [-0.1, -0.05) is 12.1 Å². The van der Waals surface area contributed by atoms with E-state index in [4.69, 9.17) is 14.2 Å². The molecule has 6 heteroatoms. The molecule has 0 radical (unpaired) electrons. The van der Waals surface area contributed by atoms with E-state index in [0.717, 1.165) is 69.5 Å². The van der Waals surface area contributed by atoms with Gasteiger partial charge in [0.15, 0.2) is 5.96 Å². The molecular formula is C23H39N3O3. The Hall–Kier alpha value is -1.79. The van der Waals surface area contributed by atoms with Gasteiger partial charge in [-0.15, -0.1) is 0 Å². The van der Waals surface area contributed by atoms with Crippen LogP contribution in [0.1, 0.15) is 51.2 Å². The molecule has 0 aliphatic carbocycles. The summed E-state index contributed by atoms with van der Waals surface area (Å²) in [5.74, 6) is 2.36. The SMILES string of the molecule is CN=C(NCCCOCC1CCOCC1)NCc1ccc(C)cc1OC(C)(C)C. The maximum Gasteiger partial charge on any atom is 0.191 e. The third-order valence-corrected chi connectivity index (χ3v) is 4.76. The number of aliphatic imine (C=N–C) groups is 1. The third kappa shape index (κ3) is 9.50. The van der Waals surface area contributed by atoms with Crippen molar-refractivity contribution in [3.05, 3.63) is 29.3 Å². The number of aryl methyl sites for hydroxylation is 1. The van der Waals surface area contributed by atoms with Crippen LogP contribution in [0, 0.1) is 12.8 Å². The average Bonchev–Trinajstić information content (AvgIpc) is 2.67. The summed E-state index contributed by atoms with van der Waals surface area (Å²) in [6, 6.07) is 6.31. The number of nitrogens with zero attached hydrogens (tertiary/aromatic N) is 1. The quantitative estimate of drug-likeness (QED) is 0.373. The van der Waals surface area contributed by atoms with Crippen molar-refractivity contribution in [2.75, 3.05) is 40.0 Å². The summed E-state index contributed by atoms with van der Waals surface area (Å²) in [6.45, 7) is 13.1. The van der Waals surface area contributed by atoms with Crippen LogP contribution in [0.2, 0.25) is 0 Å². The van der Waals surface area contributed by atoms with E-state index < -0.39 is 0 Å². The summed E-state index contributed by atoms with van der Waals surface area (Å²) in [6.07, 6.45) is 3.19. The van der Waals surface area contributed by atoms with Gasteiger partial charge in [0.25, 0.3) is 0 Å². The fourth-order valence-electron chi connectivity index (χ4n) is 3.18. The first kappa shape index (κ1) is 23.5. The van der Waals surface area contributed by atoms with Gasteiger partial charge < -0.3 is 24.8 Å². The van der Waals surface area contributed by atoms with Crippen LogP contribution in [0.25, 0.3) is 0 Å². The Morgan fingerprint density at radius 1 is 1.21 bits per heavy atom. The van der Waals surface area contributed by atoms with Crippen LogP contribution < -0.4 is 15.4 Å². The second-order valence-electron chi connectivity index (χ2n) is 8.66. The summed E-state index contributed by atoms with van der Waals surface area (Å²) in [4.78, 5) is 4.32. The standard InChI is InChI=1S/C23H39N3O3/c1-18-7-8-20(21(15-18)29-23(2,3)4)16-26-22(24-5)25-11-6-12-28-17-19-9-13-27-14-10-19/h7-8,15,19H,6,9-14,16-17H2,1-5H3,(H2,24,25,26). The van der Waals surface area contributed by atoms with E-state index in [0.29, 0.717) is 12.5 Å². The molecule has 0 aromatic heterocycles. The topological polar surface area (TPSA) is 64.1 Å². The van der Waals surface area contributed by atoms with Gasteiger partial charge in [0, 0.05) is 52.1 Å². The lowest BCUT2D eigenvalue weighted by atomic mass is 10.0. The van der Waals surface area contributed by atoms with Crippen LogP contribution in [0.15, 0.2) is 23.2 Å². The number of hydrogen-bond acceptors (Lipinski definition) is 4. The Bertz CT molecular complexity index is 635. The predicted molar refractivity (Wildman–Crippen MR) is 119 cm³/mol. The molecule has 1 aromatic carbocycles. The van der Waals surface area contributed by atoms with Crippen LogP contribution in [0.3, 0.4) is 0 Å². The van der Waals surface area contributed by atoms with E-state index in [-0.39, 0.29) is 5.60 Å². The van der Waals surface area contributed by atoms with Crippen LogP contribution >= 0.6 is 0 Å². The first-order chi connectivity index (χ1) is 13.9. The van der Waals surface area contributed by atoms with E-state index in [1.807, 2.05) is 0 Å². The molecule has 1 heterocycles. The molecule has 29 heavy (non-hydrogen) atoms. The maximum atomic E-state index is 6.13. The Morgan fingerprint density at radius 2 is 1.97 bits per heavy atom. The van der Waals surface area contributed by atoms with E-state index in [1.54, 1.807) is 7.05 Å². The first-order valence-electron chi connectivity index (χ1n) is 10.8. The van der Waals surface area contributed by atoms with Crippen LogP contribution in [0.5, 0.6) is 5.75 Å². The molecule has 0 spiro atoms. The molecule has 0 bridgehead atoms. The molecule has 0 unspecified atom stereocenters. The number of hydrogen-bond donors (Lipinski definition) is 2. The molecule has 0 amide bonds. The number of rotatable bonds is 9. The maximum absolute atomic E-state index is 6.13. The molecule has 164 valence electrons. The zero-order valence-electron chi connectivity index (χ0n) is 18.8. The highest BCUT2D eigenvalue weighted by Gasteiger charge is 2.15. The molecule has 0 atom stereocenters. The number of ether oxygens (including phenoxy) is 3. The molecule has 2 rings (SSSR count). The predicted octanol–water partition coefficient (Wildman–Crippen LogP) is 3.67. The minimum Gasteiger partial charge on any atom is -0.488 e. The van der Waals surface area contributed by atoms with Gasteiger partial charge in [0.2, 0.25) is 0 Å². The molecule has 1 aromatic rings. The molecule has 1 fully saturated rings. The number of guanidine groups is 1. The monoisotopic (exact) mass is 405 g/mol. The van der Waals surface area contributed by atoms with Crippen molar-refractivity contribution in [1.29, 1.82) is 0 Å². The number of benzene rings is 1. The van der Waals surface area contributed by atoms with Crippen molar-refractivity contribution in [3.63, 3.8) is 0 Å². The van der Waals surface area contributed by atoms with Gasteiger partial charge in [-0.2, -0.15) is 0 Å². The van der Waals surface area contributed by atoms with Crippen molar-refractivity contribution in [3.8, 4) is 5.75 Å². The zero-order chi connectivity index (χ0) is 21.1. The molecule has 2 N–H and O–H groups in total. The van der Waals surface area contributed by atoms with Gasteiger partial charge in [-0.3, -0.25) is 4.99 Å². The Balaban J connectivity index is 1.69. The molecule has 1 saturated heterocycles. The fraction of sp³-hybridized carbons (Fsp3) is 0.696. The minimum atomic E-state index is -0.229. The summed E-state index contributed by atoms with van der Waals surface area (Å²) in [5.41, 5.74) is 2.08. The summed E-state index contributed by atoms with van der Waals surface area (Å²) < 4.78 is 17.3. The van der Waals surface area contributed by atoms with Crippen LogP contribution in [0.4, 0.5) is 0 Å². The number of nitrogens with one attached hydrogen (secondary N) is 2. The highest BCUT2D eigenvalue weighted by Crippen LogP contribution is 2.24. The van der Waals surface area contributed by atoms with Crippen molar-refractivity contribution in [2.45, 2.75) is 59.1 Å². The third-order valence-electron chi connectivity index (χ3n) is 4.76. The van der Waals surface area contributed by atoms with E-state index in [1.165, 1.54) is 5.56 Å². The lowest BCUT2D eigenvalue weighted by molar-refractivity contribution is 0.0203. The largest absolute Gasteiger partial charge is 0.488 e. The van der Waals surface area contributed by atoms with Crippen molar-refractivity contribution in [1.82, 2.24) is 10.6 Å². The molecular weight excluding hydrogens is 366 g/mol. The second kappa shape index (κ2) is 12.0. The van der Waals surface area contributed by atoms with Crippen molar-refractivity contribution >= 4 is 5.96 Å². The van der Waals surface area contributed by atoms with Gasteiger partial charge >= 0.3 is 0 Å². The molecule has 6 nitrogen and oxygen atoms in total. The lowest BCUT2D eigenvalue weighted by Gasteiger charge is -2.24. The summed E-state index contributed by atoms with van der Waals surface area (Å²) >= 11 is 0. The molecule has 1 aliphatic rings. The molecule has 1 aliphatic heterocycles. The smallest absolute Gasteiger partial charge is 0.191 e. The Labute approximate surface area is 176 Å². The normalized spacial score (nSPS) is 16.0. The van der Waals surface area contributed by atoms with E-state index in [9.17, 15) is 0 Å². The van der Waals surface area contributed by atoms with Gasteiger partial charge in [0.05, 0.1) is 0 Å². The summed E-state index contributed by atoms with van der Waals surface area (Å²) in [7, 11) is 1.79. The molecule has 0 saturated carbocycles. The zero-order valence-corrected chi connectivity index (χ0v) is 18.8. The van der Waals surface area contributed by atoms with Crippen molar-refractivity contribution < 1.29 is 14.2 Å². The highest BCUT2D eigenvalue weighted by molar-refractivity contribution is 5.79. The van der Waals surface area contributed by atoms with Crippen LogP contribution in [-0.4, -0.2) is 51.6 Å². The van der Waals surface area contributed by atoms with E-state index in [2.05, 4.69) is 61.5 Å². The van der Waals surface area contributed by atoms with Gasteiger partial charge in [0.1, 0.15) is 11.4 Å². The van der Waals surface area contributed by atoms with Gasteiger partial charge in [-0.05, 0) is 64.5 Å². The Kier molecular flexibility index (Phi) is 9.74.